The number of amides is 1. The maximum Gasteiger partial charge on any atom is 0.256 e. The van der Waals surface area contributed by atoms with Crippen molar-refractivity contribution < 1.29 is 9.18 Å². The van der Waals surface area contributed by atoms with Crippen molar-refractivity contribution in [2.75, 3.05) is 7.05 Å². The van der Waals surface area contributed by atoms with E-state index in [-0.39, 0.29) is 23.0 Å². The topological polar surface area (TPSA) is 44.1 Å². The van der Waals surface area contributed by atoms with Gasteiger partial charge in [0.1, 0.15) is 5.82 Å². The Bertz CT molecular complexity index is 470. The Morgan fingerprint density at radius 1 is 1.65 bits per heavy atom. The molecular weight excluding hydrogens is 243 g/mol. The molecular formula is C12H12ClFN2O. The van der Waals surface area contributed by atoms with Gasteiger partial charge < -0.3 is 4.90 Å². The molecule has 0 aliphatic heterocycles. The number of benzene rings is 1. The number of rotatable bonds is 3. The molecule has 3 nitrogen and oxygen atoms in total. The lowest BCUT2D eigenvalue weighted by Gasteiger charge is -2.23. The van der Waals surface area contributed by atoms with Gasteiger partial charge >= 0.3 is 0 Å². The van der Waals surface area contributed by atoms with Crippen LogP contribution < -0.4 is 0 Å². The van der Waals surface area contributed by atoms with E-state index in [0.29, 0.717) is 0 Å². The molecule has 1 unspecified atom stereocenters. The van der Waals surface area contributed by atoms with Crippen molar-refractivity contribution in [3.8, 4) is 6.07 Å². The molecule has 0 spiro atoms. The number of hydrogen-bond acceptors (Lipinski definition) is 2. The molecule has 0 aromatic heterocycles. The van der Waals surface area contributed by atoms with Crippen LogP contribution in [0.3, 0.4) is 0 Å². The number of carbonyl (C=O) groups is 1. The molecule has 0 radical (unpaired) electrons. The number of hydrogen-bond donors (Lipinski definition) is 0. The molecule has 5 heteroatoms. The van der Waals surface area contributed by atoms with Gasteiger partial charge in [0.15, 0.2) is 0 Å². The second-order valence-electron chi connectivity index (χ2n) is 3.75. The van der Waals surface area contributed by atoms with Crippen molar-refractivity contribution in [3.05, 3.63) is 34.6 Å². The summed E-state index contributed by atoms with van der Waals surface area (Å²) >= 11 is 5.61. The first-order valence-corrected chi connectivity index (χ1v) is 5.44. The lowest BCUT2D eigenvalue weighted by molar-refractivity contribution is 0.0741. The lowest BCUT2D eigenvalue weighted by Crippen LogP contribution is -2.35. The maximum absolute atomic E-state index is 13.5. The first-order chi connectivity index (χ1) is 7.97. The van der Waals surface area contributed by atoms with Crippen molar-refractivity contribution in [2.45, 2.75) is 19.4 Å². The molecule has 0 saturated carbocycles. The predicted molar refractivity (Wildman–Crippen MR) is 63.2 cm³/mol. The van der Waals surface area contributed by atoms with Crippen molar-refractivity contribution in [1.82, 2.24) is 4.90 Å². The molecule has 1 rings (SSSR count). The van der Waals surface area contributed by atoms with Gasteiger partial charge in [0.2, 0.25) is 0 Å². The minimum Gasteiger partial charge on any atom is -0.338 e. The maximum atomic E-state index is 13.5. The molecule has 17 heavy (non-hydrogen) atoms. The highest BCUT2D eigenvalue weighted by atomic mass is 35.5. The number of nitrogens with zero attached hydrogens (tertiary/aromatic N) is 2. The summed E-state index contributed by atoms with van der Waals surface area (Å²) in [6, 6.07) is 5.60. The Labute approximate surface area is 104 Å². The van der Waals surface area contributed by atoms with Gasteiger partial charge in [-0.3, -0.25) is 4.79 Å². The van der Waals surface area contributed by atoms with E-state index in [1.807, 2.05) is 6.07 Å². The molecule has 1 aromatic carbocycles. The third-order valence-corrected chi connectivity index (χ3v) is 2.76. The molecule has 1 atom stereocenters. The highest BCUT2D eigenvalue weighted by molar-refractivity contribution is 6.30. The lowest BCUT2D eigenvalue weighted by atomic mass is 10.1. The Morgan fingerprint density at radius 2 is 2.29 bits per heavy atom. The quantitative estimate of drug-likeness (QED) is 0.833. The molecule has 1 amide bonds. The molecule has 1 aromatic rings. The third kappa shape index (κ3) is 3.18. The molecule has 90 valence electrons. The second-order valence-corrected chi connectivity index (χ2v) is 4.19. The van der Waals surface area contributed by atoms with Gasteiger partial charge in [-0.2, -0.15) is 5.26 Å². The zero-order chi connectivity index (χ0) is 13.0. The first-order valence-electron chi connectivity index (χ1n) is 5.06. The van der Waals surface area contributed by atoms with Gasteiger partial charge in [-0.05, 0) is 25.1 Å². The molecule has 0 bridgehead atoms. The van der Waals surface area contributed by atoms with Crippen LogP contribution in [0.1, 0.15) is 23.7 Å². The van der Waals surface area contributed by atoms with Crippen LogP contribution in [0.5, 0.6) is 0 Å². The zero-order valence-electron chi connectivity index (χ0n) is 9.58. The van der Waals surface area contributed by atoms with Gasteiger partial charge in [0.25, 0.3) is 5.91 Å². The van der Waals surface area contributed by atoms with Crippen molar-refractivity contribution >= 4 is 17.5 Å². The fourth-order valence-corrected chi connectivity index (χ4v) is 1.48. The molecule has 0 fully saturated rings. The number of carbonyl (C=O) groups excluding carboxylic acids is 1. The van der Waals surface area contributed by atoms with E-state index in [0.717, 1.165) is 6.07 Å². The first kappa shape index (κ1) is 13.5. The van der Waals surface area contributed by atoms with E-state index in [4.69, 9.17) is 16.9 Å². The smallest absolute Gasteiger partial charge is 0.256 e. The van der Waals surface area contributed by atoms with Crippen LogP contribution in [-0.2, 0) is 0 Å². The van der Waals surface area contributed by atoms with Crippen LogP contribution in [-0.4, -0.2) is 23.9 Å². The van der Waals surface area contributed by atoms with E-state index < -0.39 is 11.7 Å². The summed E-state index contributed by atoms with van der Waals surface area (Å²) in [5.74, 6) is -1.11. The highest BCUT2D eigenvalue weighted by Gasteiger charge is 2.20. The molecule has 0 N–H and O–H groups in total. The average Bonchev–Trinajstić information content (AvgIpc) is 2.27. The van der Waals surface area contributed by atoms with Gasteiger partial charge in [-0.25, -0.2) is 4.39 Å². The Kier molecular flexibility index (Phi) is 4.47. The predicted octanol–water partition coefficient (Wildman–Crippen LogP) is 2.85. The highest BCUT2D eigenvalue weighted by Crippen LogP contribution is 2.17. The molecule has 0 saturated heterocycles. The van der Waals surface area contributed by atoms with E-state index in [1.54, 1.807) is 14.0 Å². The zero-order valence-corrected chi connectivity index (χ0v) is 10.3. The summed E-state index contributed by atoms with van der Waals surface area (Å²) in [7, 11) is 1.54. The minimum absolute atomic E-state index is 0.0401. The second kappa shape index (κ2) is 5.65. The van der Waals surface area contributed by atoms with Gasteiger partial charge in [0, 0.05) is 18.1 Å². The summed E-state index contributed by atoms with van der Waals surface area (Å²) in [6.07, 6.45) is 0.206. The number of halogens is 2. The Balaban J connectivity index is 2.93. The Hall–Kier alpha value is -1.60. The van der Waals surface area contributed by atoms with Crippen LogP contribution in [0, 0.1) is 17.1 Å². The van der Waals surface area contributed by atoms with Crippen LogP contribution >= 0.6 is 11.6 Å². The summed E-state index contributed by atoms with van der Waals surface area (Å²) in [5.41, 5.74) is -0.0401. The third-order valence-electron chi connectivity index (χ3n) is 2.53. The normalized spacial score (nSPS) is 11.7. The van der Waals surface area contributed by atoms with Gasteiger partial charge in [-0.15, -0.1) is 0 Å². The van der Waals surface area contributed by atoms with E-state index in [1.165, 1.54) is 17.0 Å². The van der Waals surface area contributed by atoms with Gasteiger partial charge in [-0.1, -0.05) is 11.6 Å². The fraction of sp³-hybridized carbons (Fsp3) is 0.333. The van der Waals surface area contributed by atoms with Crippen LogP contribution in [0.2, 0.25) is 5.02 Å². The summed E-state index contributed by atoms with van der Waals surface area (Å²) in [5, 5.41) is 8.79. The van der Waals surface area contributed by atoms with E-state index >= 15 is 0 Å². The summed E-state index contributed by atoms with van der Waals surface area (Å²) < 4.78 is 13.5. The van der Waals surface area contributed by atoms with E-state index in [2.05, 4.69) is 0 Å². The van der Waals surface area contributed by atoms with Crippen LogP contribution in [0.4, 0.5) is 4.39 Å². The fourth-order valence-electron chi connectivity index (χ4n) is 1.32. The Morgan fingerprint density at radius 3 is 2.82 bits per heavy atom. The van der Waals surface area contributed by atoms with Crippen LogP contribution in [0.15, 0.2) is 18.2 Å². The van der Waals surface area contributed by atoms with Crippen molar-refractivity contribution in [3.63, 3.8) is 0 Å². The summed E-state index contributed by atoms with van der Waals surface area (Å²) in [4.78, 5) is 13.3. The minimum atomic E-state index is -0.654. The summed E-state index contributed by atoms with van der Waals surface area (Å²) in [6.45, 7) is 1.73. The molecule has 0 aliphatic rings. The monoisotopic (exact) mass is 254 g/mol. The van der Waals surface area contributed by atoms with E-state index in [9.17, 15) is 9.18 Å². The van der Waals surface area contributed by atoms with Crippen molar-refractivity contribution in [2.24, 2.45) is 0 Å². The number of nitriles is 1. The molecule has 0 heterocycles. The largest absolute Gasteiger partial charge is 0.338 e. The standard InChI is InChI=1S/C12H12ClFN2O/c1-8(5-6-15)16(2)12(17)10-4-3-9(13)7-11(10)14/h3-4,7-8H,5H2,1-2H3. The molecule has 0 aliphatic carbocycles. The van der Waals surface area contributed by atoms with Crippen molar-refractivity contribution in [1.29, 1.82) is 5.26 Å². The van der Waals surface area contributed by atoms with Crippen LogP contribution in [0.25, 0.3) is 0 Å². The SMILES string of the molecule is CC(CC#N)N(C)C(=O)c1ccc(Cl)cc1F. The van der Waals surface area contributed by atoms with Gasteiger partial charge in [0.05, 0.1) is 18.1 Å². The average molecular weight is 255 g/mol.